The number of benzene rings is 1. The third kappa shape index (κ3) is 2.72. The second-order valence-electron chi connectivity index (χ2n) is 1.83. The fourth-order valence-electron chi connectivity index (χ4n) is 0.616. The molecule has 1 aromatic carbocycles. The molecule has 0 spiro atoms. The first-order valence-electron chi connectivity index (χ1n) is 2.89. The highest BCUT2D eigenvalue weighted by Gasteiger charge is 2.02. The summed E-state index contributed by atoms with van der Waals surface area (Å²) in [5.74, 6) is 0.115. The zero-order chi connectivity index (χ0) is 8.27. The molecule has 0 aliphatic rings. The molecule has 0 N–H and O–H groups in total. The summed E-state index contributed by atoms with van der Waals surface area (Å²) in [5.41, 5.74) is 0. The van der Waals surface area contributed by atoms with Gasteiger partial charge in [0.15, 0.2) is 0 Å². The third-order valence-electron chi connectivity index (χ3n) is 1.04. The van der Waals surface area contributed by atoms with Crippen LogP contribution >= 0.6 is 11.6 Å². The fraction of sp³-hybridized carbons (Fsp3) is 0.143. The minimum absolute atomic E-state index is 0.115. The lowest BCUT2D eigenvalue weighted by atomic mass is 10.3. The van der Waals surface area contributed by atoms with Gasteiger partial charge in [0.2, 0.25) is 0 Å². The van der Waals surface area contributed by atoms with Crippen molar-refractivity contribution < 1.29 is 13.5 Å². The second kappa shape index (κ2) is 3.53. The first-order chi connectivity index (χ1) is 5.18. The topological polar surface area (TPSA) is 9.23 Å². The van der Waals surface area contributed by atoms with Crippen LogP contribution in [0, 0.1) is 0 Å². The van der Waals surface area contributed by atoms with Gasteiger partial charge in [-0.3, -0.25) is 0 Å². The molecule has 1 rings (SSSR count). The van der Waals surface area contributed by atoms with Gasteiger partial charge in [0.1, 0.15) is 5.75 Å². The minimum Gasteiger partial charge on any atom is -0.435 e. The summed E-state index contributed by atoms with van der Waals surface area (Å²) >= 11 is 5.51. The van der Waals surface area contributed by atoms with Crippen LogP contribution in [0.4, 0.5) is 8.78 Å². The maximum absolute atomic E-state index is 11.6. The molecule has 0 aliphatic heterocycles. The summed E-state index contributed by atoms with van der Waals surface area (Å²) in [5, 5.41) is 0.492. The Kier molecular flexibility index (Phi) is 2.65. The largest absolute Gasteiger partial charge is 0.435 e. The lowest BCUT2D eigenvalue weighted by molar-refractivity contribution is -0.0498. The molecule has 0 unspecified atom stereocenters. The second-order valence-corrected chi connectivity index (χ2v) is 2.27. The Morgan fingerprint density at radius 1 is 1.18 bits per heavy atom. The maximum Gasteiger partial charge on any atom is 0.387 e. The van der Waals surface area contributed by atoms with Gasteiger partial charge < -0.3 is 4.74 Å². The van der Waals surface area contributed by atoms with Crippen molar-refractivity contribution in [1.82, 2.24) is 0 Å². The summed E-state index contributed by atoms with van der Waals surface area (Å²) in [6, 6.07) is 5.74. The average molecular weight is 179 g/mol. The normalized spacial score (nSPS) is 10.2. The van der Waals surface area contributed by atoms with Gasteiger partial charge in [-0.2, -0.15) is 8.78 Å². The molecule has 0 amide bonds. The van der Waals surface area contributed by atoms with Gasteiger partial charge in [0, 0.05) is 5.02 Å². The summed E-state index contributed by atoms with van der Waals surface area (Å²) in [6.07, 6.45) is 0. The number of alkyl halides is 2. The van der Waals surface area contributed by atoms with E-state index in [9.17, 15) is 8.78 Å². The van der Waals surface area contributed by atoms with E-state index in [1.165, 1.54) is 24.3 Å². The molecule has 0 atom stereocenters. The summed E-state index contributed by atoms with van der Waals surface area (Å²) in [4.78, 5) is 0. The van der Waals surface area contributed by atoms with Crippen LogP contribution in [0.1, 0.15) is 0 Å². The van der Waals surface area contributed by atoms with Gasteiger partial charge in [-0.15, -0.1) is 0 Å². The Bertz CT molecular complexity index is 222. The predicted molar refractivity (Wildman–Crippen MR) is 38.1 cm³/mol. The van der Waals surface area contributed by atoms with Crippen LogP contribution in [0.3, 0.4) is 0 Å². The molecule has 0 radical (unpaired) electrons. The van der Waals surface area contributed by atoms with E-state index in [0.29, 0.717) is 5.02 Å². The summed E-state index contributed by atoms with van der Waals surface area (Å²) in [6.45, 7) is -2.78. The van der Waals surface area contributed by atoms with Crippen molar-refractivity contribution >= 4 is 11.6 Å². The van der Waals surface area contributed by atoms with E-state index in [0.717, 1.165) is 0 Å². The lowest BCUT2D eigenvalue weighted by Gasteiger charge is -2.02. The average Bonchev–Trinajstić information content (AvgIpc) is 1.93. The molecule has 0 fully saturated rings. The zero-order valence-electron chi connectivity index (χ0n) is 5.43. The Morgan fingerprint density at radius 2 is 1.73 bits per heavy atom. The van der Waals surface area contributed by atoms with Crippen molar-refractivity contribution in [2.45, 2.75) is 6.61 Å². The van der Waals surface area contributed by atoms with Gasteiger partial charge in [-0.05, 0) is 24.3 Å². The van der Waals surface area contributed by atoms with Crippen molar-refractivity contribution in [3.63, 3.8) is 0 Å². The molecule has 11 heavy (non-hydrogen) atoms. The van der Waals surface area contributed by atoms with Crippen LogP contribution in [-0.2, 0) is 0 Å². The third-order valence-corrected chi connectivity index (χ3v) is 1.29. The maximum atomic E-state index is 11.6. The fourth-order valence-corrected chi connectivity index (χ4v) is 0.742. The van der Waals surface area contributed by atoms with Gasteiger partial charge in [0.25, 0.3) is 0 Å². The van der Waals surface area contributed by atoms with Gasteiger partial charge in [-0.25, -0.2) is 0 Å². The smallest absolute Gasteiger partial charge is 0.387 e. The highest BCUT2D eigenvalue weighted by molar-refractivity contribution is 6.30. The van der Waals surface area contributed by atoms with E-state index >= 15 is 0 Å². The molecule has 0 aliphatic carbocycles. The van der Waals surface area contributed by atoms with Crippen LogP contribution in [-0.4, -0.2) is 6.61 Å². The van der Waals surface area contributed by atoms with Crippen molar-refractivity contribution in [1.29, 1.82) is 0 Å². The molecule has 0 bridgehead atoms. The van der Waals surface area contributed by atoms with Crippen molar-refractivity contribution in [2.75, 3.05) is 0 Å². The molecule has 1 nitrogen and oxygen atoms in total. The first-order valence-corrected chi connectivity index (χ1v) is 3.26. The molecule has 4 heteroatoms. The number of ether oxygens (including phenoxy) is 1. The molecular weight excluding hydrogens is 174 g/mol. The number of hydrogen-bond donors (Lipinski definition) is 0. The van der Waals surface area contributed by atoms with E-state index in [1.807, 2.05) is 0 Å². The molecular formula is C7H5ClF2O. The van der Waals surface area contributed by atoms with Crippen LogP contribution in [0.15, 0.2) is 24.3 Å². The van der Waals surface area contributed by atoms with Crippen LogP contribution < -0.4 is 4.74 Å². The minimum atomic E-state index is -2.78. The Morgan fingerprint density at radius 3 is 2.18 bits per heavy atom. The number of hydrogen-bond acceptors (Lipinski definition) is 1. The molecule has 1 aromatic rings. The zero-order valence-corrected chi connectivity index (χ0v) is 6.18. The standard InChI is InChI=1S/C7H5ClF2O/c8-5-1-3-6(4-2-5)11-7(9)10/h1-4,7H. The van der Waals surface area contributed by atoms with Gasteiger partial charge >= 0.3 is 6.61 Å². The van der Waals surface area contributed by atoms with E-state index in [4.69, 9.17) is 11.6 Å². The van der Waals surface area contributed by atoms with E-state index in [1.54, 1.807) is 0 Å². The highest BCUT2D eigenvalue weighted by atomic mass is 35.5. The first kappa shape index (κ1) is 8.27. The number of halogens is 3. The SMILES string of the molecule is FC(F)Oc1ccc(Cl)cc1. The van der Waals surface area contributed by atoms with Crippen LogP contribution in [0.2, 0.25) is 5.02 Å². The lowest BCUT2D eigenvalue weighted by Crippen LogP contribution is -2.01. The van der Waals surface area contributed by atoms with Gasteiger partial charge in [0.05, 0.1) is 0 Å². The van der Waals surface area contributed by atoms with Crippen LogP contribution in [0.25, 0.3) is 0 Å². The van der Waals surface area contributed by atoms with E-state index in [2.05, 4.69) is 4.74 Å². The monoisotopic (exact) mass is 178 g/mol. The molecule has 0 saturated heterocycles. The predicted octanol–water partition coefficient (Wildman–Crippen LogP) is 2.94. The van der Waals surface area contributed by atoms with Crippen molar-refractivity contribution in [3.05, 3.63) is 29.3 Å². The molecule has 60 valence electrons. The van der Waals surface area contributed by atoms with Crippen LogP contribution in [0.5, 0.6) is 5.75 Å². The van der Waals surface area contributed by atoms with E-state index in [-0.39, 0.29) is 5.75 Å². The molecule has 0 aromatic heterocycles. The number of rotatable bonds is 2. The van der Waals surface area contributed by atoms with Crippen molar-refractivity contribution in [2.24, 2.45) is 0 Å². The van der Waals surface area contributed by atoms with E-state index < -0.39 is 6.61 Å². The molecule has 0 heterocycles. The van der Waals surface area contributed by atoms with Crippen molar-refractivity contribution in [3.8, 4) is 5.75 Å². The highest BCUT2D eigenvalue weighted by Crippen LogP contribution is 2.17. The quantitative estimate of drug-likeness (QED) is 0.677. The summed E-state index contributed by atoms with van der Waals surface area (Å²) in [7, 11) is 0. The Balaban J connectivity index is 2.66. The summed E-state index contributed by atoms with van der Waals surface area (Å²) < 4.78 is 27.2. The Labute approximate surface area is 67.5 Å². The Hall–Kier alpha value is -0.830. The molecule has 0 saturated carbocycles. The van der Waals surface area contributed by atoms with Gasteiger partial charge in [-0.1, -0.05) is 11.6 Å².